The van der Waals surface area contributed by atoms with Crippen molar-refractivity contribution in [3.8, 4) is 22.9 Å². The molecule has 1 amide bonds. The zero-order valence-corrected chi connectivity index (χ0v) is 19.7. The number of carbonyl (C=O) groups is 1. The molecule has 8 nitrogen and oxygen atoms in total. The number of amides is 1. The van der Waals surface area contributed by atoms with Crippen LogP contribution in [0.4, 0.5) is 0 Å². The highest BCUT2D eigenvalue weighted by Gasteiger charge is 2.30. The Morgan fingerprint density at radius 1 is 1.17 bits per heavy atom. The van der Waals surface area contributed by atoms with E-state index < -0.39 is 0 Å². The van der Waals surface area contributed by atoms with Crippen molar-refractivity contribution in [3.05, 3.63) is 82.6 Å². The maximum Gasteiger partial charge on any atom is 0.287 e. The first-order valence-corrected chi connectivity index (χ1v) is 11.8. The number of nitrogens with zero attached hydrogens (tertiary/aromatic N) is 3. The van der Waals surface area contributed by atoms with Gasteiger partial charge in [-0.1, -0.05) is 29.8 Å². The molecule has 8 heteroatoms. The van der Waals surface area contributed by atoms with Crippen LogP contribution in [0.2, 0.25) is 0 Å². The SMILES string of the molecule is Cc1ccc(CNC(=O)c2oc3c(c2C)-c2nn(C[C@H]4COc5ncccc5O4)cc2CC3)cc1. The number of nitrogens with one attached hydrogen (secondary N) is 1. The molecule has 0 fully saturated rings. The third-order valence-electron chi connectivity index (χ3n) is 6.52. The van der Waals surface area contributed by atoms with Crippen molar-refractivity contribution in [2.75, 3.05) is 6.61 Å². The van der Waals surface area contributed by atoms with Gasteiger partial charge in [0, 0.05) is 36.5 Å². The minimum atomic E-state index is -0.210. The van der Waals surface area contributed by atoms with Gasteiger partial charge in [0.1, 0.15) is 12.4 Å². The highest BCUT2D eigenvalue weighted by Crippen LogP contribution is 2.38. The molecular formula is C27H26N4O4. The molecule has 6 rings (SSSR count). The van der Waals surface area contributed by atoms with Gasteiger partial charge in [-0.2, -0.15) is 5.10 Å². The first-order valence-electron chi connectivity index (χ1n) is 11.8. The molecule has 1 atom stereocenters. The highest BCUT2D eigenvalue weighted by atomic mass is 16.6. The third kappa shape index (κ3) is 4.05. The summed E-state index contributed by atoms with van der Waals surface area (Å²) in [4.78, 5) is 17.1. The second kappa shape index (κ2) is 8.61. The minimum absolute atomic E-state index is 0.166. The van der Waals surface area contributed by atoms with Crippen molar-refractivity contribution in [3.63, 3.8) is 0 Å². The van der Waals surface area contributed by atoms with Gasteiger partial charge in [0.05, 0.1) is 12.2 Å². The topological polar surface area (TPSA) is 91.4 Å². The Bertz CT molecular complexity index is 1400. The van der Waals surface area contributed by atoms with Crippen LogP contribution in [0.15, 0.2) is 53.2 Å². The van der Waals surface area contributed by atoms with Gasteiger partial charge >= 0.3 is 0 Å². The molecule has 0 unspecified atom stereocenters. The van der Waals surface area contributed by atoms with Crippen molar-refractivity contribution < 1.29 is 18.7 Å². The molecule has 0 saturated heterocycles. The van der Waals surface area contributed by atoms with E-state index in [2.05, 4.69) is 16.5 Å². The predicted molar refractivity (Wildman–Crippen MR) is 129 cm³/mol. The van der Waals surface area contributed by atoms with Crippen LogP contribution in [0, 0.1) is 13.8 Å². The number of fused-ring (bicyclic) bond motifs is 4. The summed E-state index contributed by atoms with van der Waals surface area (Å²) in [6.45, 7) is 5.39. The fourth-order valence-electron chi connectivity index (χ4n) is 4.70. The molecule has 35 heavy (non-hydrogen) atoms. The molecule has 178 valence electrons. The van der Waals surface area contributed by atoms with Gasteiger partial charge in [0.2, 0.25) is 0 Å². The van der Waals surface area contributed by atoms with Crippen LogP contribution in [0.3, 0.4) is 0 Å². The summed E-state index contributed by atoms with van der Waals surface area (Å²) in [6.07, 6.45) is 5.13. The number of benzene rings is 1. The number of ether oxygens (including phenoxy) is 2. The van der Waals surface area contributed by atoms with Gasteiger partial charge in [-0.05, 0) is 43.5 Å². The lowest BCUT2D eigenvalue weighted by Gasteiger charge is -2.25. The average molecular weight is 471 g/mol. The van der Waals surface area contributed by atoms with E-state index >= 15 is 0 Å². The van der Waals surface area contributed by atoms with Crippen LogP contribution < -0.4 is 14.8 Å². The van der Waals surface area contributed by atoms with Crippen LogP contribution in [0.5, 0.6) is 11.6 Å². The lowest BCUT2D eigenvalue weighted by Crippen LogP contribution is -2.33. The second-order valence-corrected chi connectivity index (χ2v) is 9.11. The summed E-state index contributed by atoms with van der Waals surface area (Å²) in [5, 5.41) is 7.83. The standard InChI is InChI=1S/C27H26N4O4/c1-16-5-7-18(8-6-16)12-29-26(32)25-17(2)23-21(35-25)10-9-19-13-31(30-24(19)23)14-20-15-33-27-22(34-20)4-3-11-28-27/h3-8,11,13,20H,9-10,12,14-15H2,1-2H3,(H,29,32)/t20-/m0/s1. The first kappa shape index (κ1) is 21.5. The summed E-state index contributed by atoms with van der Waals surface area (Å²) in [5.41, 5.74) is 6.02. The summed E-state index contributed by atoms with van der Waals surface area (Å²) in [7, 11) is 0. The van der Waals surface area contributed by atoms with Crippen LogP contribution >= 0.6 is 0 Å². The number of hydrogen-bond acceptors (Lipinski definition) is 6. The van der Waals surface area contributed by atoms with E-state index in [1.165, 1.54) is 5.56 Å². The Morgan fingerprint density at radius 2 is 2.03 bits per heavy atom. The fraction of sp³-hybridized carbons (Fsp3) is 0.296. The van der Waals surface area contributed by atoms with E-state index in [0.29, 0.717) is 37.1 Å². The van der Waals surface area contributed by atoms with E-state index in [1.807, 2.05) is 54.9 Å². The van der Waals surface area contributed by atoms with E-state index in [0.717, 1.165) is 46.5 Å². The number of aryl methyl sites for hydroxylation is 3. The number of pyridine rings is 1. The third-order valence-corrected chi connectivity index (χ3v) is 6.52. The van der Waals surface area contributed by atoms with Crippen molar-refractivity contribution in [2.45, 2.75) is 45.9 Å². The zero-order chi connectivity index (χ0) is 23.9. The molecule has 0 saturated carbocycles. The van der Waals surface area contributed by atoms with E-state index in [4.69, 9.17) is 19.0 Å². The van der Waals surface area contributed by atoms with Gasteiger partial charge in [-0.25, -0.2) is 4.98 Å². The van der Waals surface area contributed by atoms with Gasteiger partial charge in [0.25, 0.3) is 11.8 Å². The number of aromatic nitrogens is 3. The average Bonchev–Trinajstić information content (AvgIpc) is 3.43. The summed E-state index contributed by atoms with van der Waals surface area (Å²) >= 11 is 0. The minimum Gasteiger partial charge on any atom is -0.479 e. The molecule has 4 aromatic rings. The molecule has 0 bridgehead atoms. The molecule has 3 aromatic heterocycles. The normalized spacial score (nSPS) is 15.9. The Morgan fingerprint density at radius 3 is 2.89 bits per heavy atom. The number of furan rings is 1. The molecule has 1 aliphatic heterocycles. The van der Waals surface area contributed by atoms with Gasteiger partial charge in [0.15, 0.2) is 17.6 Å². The molecular weight excluding hydrogens is 444 g/mol. The summed E-state index contributed by atoms with van der Waals surface area (Å²) < 4.78 is 19.7. The molecule has 0 radical (unpaired) electrons. The van der Waals surface area contributed by atoms with Crippen LogP contribution in [0.25, 0.3) is 11.3 Å². The van der Waals surface area contributed by atoms with E-state index in [9.17, 15) is 4.79 Å². The number of rotatable bonds is 5. The predicted octanol–water partition coefficient (Wildman–Crippen LogP) is 4.02. The molecule has 2 aliphatic rings. The molecule has 4 heterocycles. The quantitative estimate of drug-likeness (QED) is 0.474. The van der Waals surface area contributed by atoms with Gasteiger partial charge < -0.3 is 19.2 Å². The zero-order valence-electron chi connectivity index (χ0n) is 19.7. The van der Waals surface area contributed by atoms with Crippen molar-refractivity contribution >= 4 is 5.91 Å². The van der Waals surface area contributed by atoms with Crippen LogP contribution in [-0.4, -0.2) is 33.4 Å². The molecule has 1 aliphatic carbocycles. The highest BCUT2D eigenvalue weighted by molar-refractivity contribution is 5.95. The largest absolute Gasteiger partial charge is 0.479 e. The summed E-state index contributed by atoms with van der Waals surface area (Å²) in [6, 6.07) is 11.8. The van der Waals surface area contributed by atoms with Crippen LogP contribution in [0.1, 0.15) is 38.6 Å². The first-order chi connectivity index (χ1) is 17.0. The number of carbonyl (C=O) groups excluding carboxylic acids is 1. The lowest BCUT2D eigenvalue weighted by molar-refractivity contribution is 0.0716. The van der Waals surface area contributed by atoms with E-state index in [1.54, 1.807) is 6.20 Å². The Balaban J connectivity index is 1.19. The van der Waals surface area contributed by atoms with Crippen molar-refractivity contribution in [1.82, 2.24) is 20.1 Å². The van der Waals surface area contributed by atoms with Gasteiger partial charge in [-0.3, -0.25) is 9.48 Å². The maximum atomic E-state index is 12.9. The molecule has 0 spiro atoms. The second-order valence-electron chi connectivity index (χ2n) is 9.11. The molecule has 1 aromatic carbocycles. The van der Waals surface area contributed by atoms with E-state index in [-0.39, 0.29) is 12.0 Å². The smallest absolute Gasteiger partial charge is 0.287 e. The maximum absolute atomic E-state index is 12.9. The van der Waals surface area contributed by atoms with Crippen molar-refractivity contribution in [1.29, 1.82) is 0 Å². The molecule has 1 N–H and O–H groups in total. The Hall–Kier alpha value is -4.07. The van der Waals surface area contributed by atoms with Gasteiger partial charge in [-0.15, -0.1) is 0 Å². The van der Waals surface area contributed by atoms with Crippen molar-refractivity contribution in [2.24, 2.45) is 0 Å². The lowest BCUT2D eigenvalue weighted by atomic mass is 9.93. The number of hydrogen-bond donors (Lipinski definition) is 1. The summed E-state index contributed by atoms with van der Waals surface area (Å²) in [5.74, 6) is 2.14. The van der Waals surface area contributed by atoms with Crippen LogP contribution in [-0.2, 0) is 25.9 Å². The fourth-order valence-corrected chi connectivity index (χ4v) is 4.70. The Labute approximate surface area is 202 Å². The monoisotopic (exact) mass is 470 g/mol. The Kier molecular flexibility index (Phi) is 5.28.